The van der Waals surface area contributed by atoms with E-state index in [0.717, 1.165) is 42.2 Å². The van der Waals surface area contributed by atoms with Crippen molar-refractivity contribution < 1.29 is 9.53 Å². The highest BCUT2D eigenvalue weighted by Gasteiger charge is 2.12. The maximum atomic E-state index is 12.7. The molecule has 3 aromatic carbocycles. The summed E-state index contributed by atoms with van der Waals surface area (Å²) >= 11 is 0. The fraction of sp³-hybridized carbons (Fsp3) is 0.296. The number of benzene rings is 3. The average Bonchev–Trinajstić information content (AvgIpc) is 3.28. The quantitative estimate of drug-likeness (QED) is 0.502. The minimum absolute atomic E-state index is 0.116. The maximum absolute atomic E-state index is 12.7. The van der Waals surface area contributed by atoms with Gasteiger partial charge in [0.05, 0.1) is 0 Å². The van der Waals surface area contributed by atoms with Crippen LogP contribution in [-0.4, -0.2) is 19.0 Å². The molecule has 0 aliphatic heterocycles. The van der Waals surface area contributed by atoms with Gasteiger partial charge < -0.3 is 15.0 Å². The van der Waals surface area contributed by atoms with Gasteiger partial charge in [0, 0.05) is 30.0 Å². The molecule has 0 heterocycles. The lowest BCUT2D eigenvalue weighted by Gasteiger charge is -2.21. The molecular formula is C27H30N2O2. The van der Waals surface area contributed by atoms with E-state index >= 15 is 0 Å². The normalized spacial score (nSPS) is 12.3. The molecule has 0 fully saturated rings. The van der Waals surface area contributed by atoms with Crippen molar-refractivity contribution in [2.45, 2.75) is 39.7 Å². The van der Waals surface area contributed by atoms with Gasteiger partial charge in [-0.05, 0) is 98.3 Å². The summed E-state index contributed by atoms with van der Waals surface area (Å²) < 4.78 is 5.99. The Morgan fingerprint density at radius 2 is 1.71 bits per heavy atom. The van der Waals surface area contributed by atoms with Gasteiger partial charge in [-0.2, -0.15) is 0 Å². The molecule has 3 aromatic rings. The molecular weight excluding hydrogens is 384 g/mol. The Balaban J connectivity index is 1.37. The second kappa shape index (κ2) is 9.69. The van der Waals surface area contributed by atoms with Crippen LogP contribution in [0.1, 0.15) is 47.3 Å². The van der Waals surface area contributed by atoms with Gasteiger partial charge in [-0.15, -0.1) is 0 Å². The highest BCUT2D eigenvalue weighted by molar-refractivity contribution is 6.04. The summed E-state index contributed by atoms with van der Waals surface area (Å²) in [6.45, 7) is 6.64. The minimum atomic E-state index is -0.116. The van der Waals surface area contributed by atoms with E-state index in [-0.39, 0.29) is 5.91 Å². The van der Waals surface area contributed by atoms with Gasteiger partial charge in [0.25, 0.3) is 5.91 Å². The molecule has 0 radical (unpaired) electrons. The first-order chi connectivity index (χ1) is 15.2. The first-order valence-electron chi connectivity index (χ1n) is 11.2. The summed E-state index contributed by atoms with van der Waals surface area (Å²) in [5.41, 5.74) is 6.40. The molecule has 4 heteroatoms. The monoisotopic (exact) mass is 414 g/mol. The molecule has 1 amide bonds. The largest absolute Gasteiger partial charge is 0.489 e. The molecule has 0 saturated carbocycles. The van der Waals surface area contributed by atoms with E-state index in [9.17, 15) is 4.79 Å². The zero-order chi connectivity index (χ0) is 21.6. The minimum Gasteiger partial charge on any atom is -0.489 e. The fourth-order valence-corrected chi connectivity index (χ4v) is 4.15. The highest BCUT2D eigenvalue weighted by Crippen LogP contribution is 2.26. The van der Waals surface area contributed by atoms with Crippen LogP contribution in [0.4, 0.5) is 11.4 Å². The lowest BCUT2D eigenvalue weighted by Crippen LogP contribution is -2.21. The van der Waals surface area contributed by atoms with Crippen molar-refractivity contribution in [3.8, 4) is 5.75 Å². The van der Waals surface area contributed by atoms with Crippen LogP contribution in [0, 0.1) is 0 Å². The number of nitrogens with zero attached hydrogens (tertiary/aromatic N) is 1. The molecule has 0 spiro atoms. The van der Waals surface area contributed by atoms with Crippen molar-refractivity contribution in [3.05, 3.63) is 89.0 Å². The highest BCUT2D eigenvalue weighted by atomic mass is 16.5. The number of ether oxygens (including phenoxy) is 1. The number of fused-ring (bicyclic) bond motifs is 1. The van der Waals surface area contributed by atoms with Gasteiger partial charge in [0.2, 0.25) is 0 Å². The van der Waals surface area contributed by atoms with E-state index in [1.54, 1.807) is 0 Å². The molecule has 0 aromatic heterocycles. The van der Waals surface area contributed by atoms with Crippen LogP contribution in [-0.2, 0) is 19.4 Å². The molecule has 1 aliphatic rings. The van der Waals surface area contributed by atoms with Gasteiger partial charge in [-0.3, -0.25) is 4.79 Å². The summed E-state index contributed by atoms with van der Waals surface area (Å²) in [4.78, 5) is 15.0. The average molecular weight is 415 g/mol. The van der Waals surface area contributed by atoms with E-state index in [4.69, 9.17) is 4.74 Å². The summed E-state index contributed by atoms with van der Waals surface area (Å²) in [7, 11) is 0. The topological polar surface area (TPSA) is 41.6 Å². The Kier molecular flexibility index (Phi) is 6.56. The van der Waals surface area contributed by atoms with Crippen LogP contribution >= 0.6 is 0 Å². The van der Waals surface area contributed by atoms with E-state index in [0.29, 0.717) is 12.2 Å². The van der Waals surface area contributed by atoms with Crippen LogP contribution in [0.5, 0.6) is 5.75 Å². The molecule has 160 valence electrons. The summed E-state index contributed by atoms with van der Waals surface area (Å²) in [6, 6.07) is 22.0. The SMILES string of the molecule is CCN(CC)c1ccc(NC(=O)c2cccc(COc3ccc4c(c3)CCC4)c2)cc1. The van der Waals surface area contributed by atoms with Crippen molar-refractivity contribution >= 4 is 17.3 Å². The predicted octanol–water partition coefficient (Wildman–Crippen LogP) is 5.85. The number of anilines is 2. The lowest BCUT2D eigenvalue weighted by atomic mass is 10.1. The van der Waals surface area contributed by atoms with Crippen molar-refractivity contribution in [3.63, 3.8) is 0 Å². The molecule has 1 N–H and O–H groups in total. The molecule has 1 aliphatic carbocycles. The first kappa shape index (κ1) is 21.0. The van der Waals surface area contributed by atoms with Crippen molar-refractivity contribution in [1.82, 2.24) is 0 Å². The Morgan fingerprint density at radius 1 is 0.935 bits per heavy atom. The number of hydrogen-bond donors (Lipinski definition) is 1. The van der Waals surface area contributed by atoms with Crippen LogP contribution in [0.3, 0.4) is 0 Å². The van der Waals surface area contributed by atoms with Gasteiger partial charge in [0.15, 0.2) is 0 Å². The molecule has 0 saturated heterocycles. The smallest absolute Gasteiger partial charge is 0.255 e. The summed E-state index contributed by atoms with van der Waals surface area (Å²) in [5.74, 6) is 0.777. The number of rotatable bonds is 8. The molecule has 4 nitrogen and oxygen atoms in total. The maximum Gasteiger partial charge on any atom is 0.255 e. The summed E-state index contributed by atoms with van der Waals surface area (Å²) in [6.07, 6.45) is 3.54. The van der Waals surface area contributed by atoms with Crippen LogP contribution in [0.25, 0.3) is 0 Å². The molecule has 4 rings (SSSR count). The van der Waals surface area contributed by atoms with E-state index in [1.807, 2.05) is 54.6 Å². The molecule has 31 heavy (non-hydrogen) atoms. The third-order valence-electron chi connectivity index (χ3n) is 5.92. The molecule has 0 atom stereocenters. The summed E-state index contributed by atoms with van der Waals surface area (Å²) in [5, 5.41) is 2.99. The standard InChI is InChI=1S/C27H30N2O2/c1-3-29(4-2)25-14-12-24(13-15-25)28-27(30)23-10-5-7-20(17-23)19-31-26-16-11-21-8-6-9-22(21)18-26/h5,7,10-18H,3-4,6,8-9,19H2,1-2H3,(H,28,30). The van der Waals surface area contributed by atoms with E-state index in [1.165, 1.54) is 24.0 Å². The number of carbonyl (C=O) groups excluding carboxylic acids is 1. The number of hydrogen-bond acceptors (Lipinski definition) is 3. The number of nitrogens with one attached hydrogen (secondary N) is 1. The zero-order valence-electron chi connectivity index (χ0n) is 18.4. The van der Waals surface area contributed by atoms with E-state index in [2.05, 4.69) is 36.2 Å². The second-order valence-electron chi connectivity index (χ2n) is 7.95. The number of aryl methyl sites for hydroxylation is 2. The van der Waals surface area contributed by atoms with Gasteiger partial charge >= 0.3 is 0 Å². The Hall–Kier alpha value is -3.27. The zero-order valence-corrected chi connectivity index (χ0v) is 18.4. The number of amides is 1. The molecule has 0 bridgehead atoms. The first-order valence-corrected chi connectivity index (χ1v) is 11.2. The Morgan fingerprint density at radius 3 is 2.48 bits per heavy atom. The van der Waals surface area contributed by atoms with Crippen molar-refractivity contribution in [2.24, 2.45) is 0 Å². The van der Waals surface area contributed by atoms with Gasteiger partial charge in [-0.1, -0.05) is 18.2 Å². The lowest BCUT2D eigenvalue weighted by molar-refractivity contribution is 0.102. The third-order valence-corrected chi connectivity index (χ3v) is 5.92. The Labute approximate surface area is 184 Å². The van der Waals surface area contributed by atoms with Crippen LogP contribution < -0.4 is 15.0 Å². The van der Waals surface area contributed by atoms with Crippen molar-refractivity contribution in [1.29, 1.82) is 0 Å². The van der Waals surface area contributed by atoms with Gasteiger partial charge in [0.1, 0.15) is 12.4 Å². The Bertz CT molecular complexity index is 1040. The predicted molar refractivity (Wildman–Crippen MR) is 127 cm³/mol. The van der Waals surface area contributed by atoms with Crippen LogP contribution in [0.2, 0.25) is 0 Å². The fourth-order valence-electron chi connectivity index (χ4n) is 4.15. The second-order valence-corrected chi connectivity index (χ2v) is 7.95. The van der Waals surface area contributed by atoms with E-state index < -0.39 is 0 Å². The molecule has 0 unspecified atom stereocenters. The van der Waals surface area contributed by atoms with Gasteiger partial charge in [-0.25, -0.2) is 0 Å². The third kappa shape index (κ3) is 5.08. The number of carbonyl (C=O) groups is 1. The van der Waals surface area contributed by atoms with Crippen molar-refractivity contribution in [2.75, 3.05) is 23.3 Å². The van der Waals surface area contributed by atoms with Crippen LogP contribution in [0.15, 0.2) is 66.7 Å².